The maximum atomic E-state index is 10.4. The van der Waals surface area contributed by atoms with E-state index in [9.17, 15) is 4.79 Å². The summed E-state index contributed by atoms with van der Waals surface area (Å²) in [7, 11) is 0. The molecule has 1 aliphatic rings. The van der Waals surface area contributed by atoms with Crippen molar-refractivity contribution in [3.8, 4) is 0 Å². The molecule has 0 fully saturated rings. The third kappa shape index (κ3) is 1.10. The molecule has 0 aliphatic carbocycles. The predicted octanol–water partition coefficient (Wildman–Crippen LogP) is 1.21. The summed E-state index contributed by atoms with van der Waals surface area (Å²) in [5.41, 5.74) is 1.83. The normalized spacial score (nSPS) is 32.3. The first-order chi connectivity index (χ1) is 4.66. The molecule has 0 spiro atoms. The van der Waals surface area contributed by atoms with Crippen LogP contribution in [0.5, 0.6) is 0 Å². The number of rotatable bonds is 1. The molecule has 0 saturated heterocycles. The third-order valence-corrected chi connectivity index (χ3v) is 3.26. The molecule has 3 heteroatoms. The lowest BCUT2D eigenvalue weighted by atomic mass is 10.2. The SMILES string of the molecule is CC1=C(C=O)NC(C)C1Br. The highest BCUT2D eigenvalue weighted by Crippen LogP contribution is 2.23. The molecule has 0 radical (unpaired) electrons. The molecular weight excluding hydrogens is 194 g/mol. The Hall–Kier alpha value is -0.310. The van der Waals surface area contributed by atoms with Crippen molar-refractivity contribution in [3.63, 3.8) is 0 Å². The van der Waals surface area contributed by atoms with E-state index in [2.05, 4.69) is 21.2 Å². The zero-order chi connectivity index (χ0) is 7.72. The molecule has 2 unspecified atom stereocenters. The van der Waals surface area contributed by atoms with Crippen LogP contribution in [-0.2, 0) is 4.79 Å². The molecule has 0 saturated carbocycles. The standard InChI is InChI=1S/C7H10BrNO/c1-4-6(3-10)9-5(2)7(4)8/h3,5,7,9H,1-2H3. The maximum absolute atomic E-state index is 10.4. The summed E-state index contributed by atoms with van der Waals surface area (Å²) in [6.07, 6.45) is 0.868. The van der Waals surface area contributed by atoms with Crippen LogP contribution < -0.4 is 5.32 Å². The van der Waals surface area contributed by atoms with Gasteiger partial charge in [0.05, 0.1) is 10.5 Å². The molecule has 2 atom stereocenters. The number of nitrogens with one attached hydrogen (secondary N) is 1. The first kappa shape index (κ1) is 7.79. The van der Waals surface area contributed by atoms with Crippen molar-refractivity contribution in [3.05, 3.63) is 11.3 Å². The fraction of sp³-hybridized carbons (Fsp3) is 0.571. The highest BCUT2D eigenvalue weighted by molar-refractivity contribution is 9.09. The maximum Gasteiger partial charge on any atom is 0.165 e. The van der Waals surface area contributed by atoms with Gasteiger partial charge in [-0.1, -0.05) is 15.9 Å². The Morgan fingerprint density at radius 1 is 1.70 bits per heavy atom. The van der Waals surface area contributed by atoms with Gasteiger partial charge in [0.1, 0.15) is 0 Å². The van der Waals surface area contributed by atoms with Crippen molar-refractivity contribution < 1.29 is 4.79 Å². The van der Waals surface area contributed by atoms with Gasteiger partial charge in [-0.15, -0.1) is 0 Å². The van der Waals surface area contributed by atoms with E-state index in [0.29, 0.717) is 10.9 Å². The fourth-order valence-electron chi connectivity index (χ4n) is 1.08. The number of aldehydes is 1. The van der Waals surface area contributed by atoms with Crippen LogP contribution in [0.3, 0.4) is 0 Å². The lowest BCUT2D eigenvalue weighted by Crippen LogP contribution is -2.25. The molecular formula is C7H10BrNO. The van der Waals surface area contributed by atoms with Gasteiger partial charge in [0.15, 0.2) is 6.29 Å². The topological polar surface area (TPSA) is 29.1 Å². The Morgan fingerprint density at radius 2 is 2.30 bits per heavy atom. The van der Waals surface area contributed by atoms with E-state index in [0.717, 1.165) is 17.6 Å². The molecule has 2 nitrogen and oxygen atoms in total. The summed E-state index contributed by atoms with van der Waals surface area (Å²) < 4.78 is 0. The van der Waals surface area contributed by atoms with E-state index in [1.54, 1.807) is 0 Å². The van der Waals surface area contributed by atoms with Gasteiger partial charge in [0.25, 0.3) is 0 Å². The molecule has 10 heavy (non-hydrogen) atoms. The second kappa shape index (κ2) is 2.74. The van der Waals surface area contributed by atoms with Crippen LogP contribution in [0.1, 0.15) is 13.8 Å². The van der Waals surface area contributed by atoms with Crippen molar-refractivity contribution in [2.24, 2.45) is 0 Å². The van der Waals surface area contributed by atoms with Crippen LogP contribution in [0.2, 0.25) is 0 Å². The van der Waals surface area contributed by atoms with E-state index < -0.39 is 0 Å². The van der Waals surface area contributed by atoms with Crippen LogP contribution in [0.25, 0.3) is 0 Å². The fourth-order valence-corrected chi connectivity index (χ4v) is 1.46. The Labute approximate surface area is 68.8 Å². The van der Waals surface area contributed by atoms with Crippen molar-refractivity contribution in [1.29, 1.82) is 0 Å². The first-order valence-electron chi connectivity index (χ1n) is 3.23. The molecule has 56 valence electrons. The third-order valence-electron chi connectivity index (χ3n) is 1.78. The van der Waals surface area contributed by atoms with Crippen LogP contribution >= 0.6 is 15.9 Å². The highest BCUT2D eigenvalue weighted by atomic mass is 79.9. The molecule has 1 aliphatic heterocycles. The average Bonchev–Trinajstić information content (AvgIpc) is 2.17. The van der Waals surface area contributed by atoms with E-state index in [4.69, 9.17) is 0 Å². The lowest BCUT2D eigenvalue weighted by Gasteiger charge is -2.08. The second-order valence-electron chi connectivity index (χ2n) is 2.55. The van der Waals surface area contributed by atoms with Gasteiger partial charge in [0.2, 0.25) is 0 Å². The summed E-state index contributed by atoms with van der Waals surface area (Å²) in [6.45, 7) is 4.00. The molecule has 1 heterocycles. The van der Waals surface area contributed by atoms with Gasteiger partial charge in [-0.3, -0.25) is 4.79 Å². The van der Waals surface area contributed by atoms with Crippen LogP contribution in [0.15, 0.2) is 11.3 Å². The van der Waals surface area contributed by atoms with E-state index in [1.807, 2.05) is 13.8 Å². The molecule has 1 N–H and O–H groups in total. The average molecular weight is 204 g/mol. The summed E-state index contributed by atoms with van der Waals surface area (Å²) >= 11 is 3.47. The zero-order valence-electron chi connectivity index (χ0n) is 6.02. The van der Waals surface area contributed by atoms with E-state index in [1.165, 1.54) is 0 Å². The number of halogens is 1. The number of alkyl halides is 1. The summed E-state index contributed by atoms with van der Waals surface area (Å²) in [5, 5.41) is 3.07. The van der Waals surface area contributed by atoms with E-state index in [-0.39, 0.29) is 0 Å². The van der Waals surface area contributed by atoms with Crippen molar-refractivity contribution in [1.82, 2.24) is 5.32 Å². The predicted molar refractivity (Wildman–Crippen MR) is 44.1 cm³/mol. The minimum absolute atomic E-state index is 0.313. The van der Waals surface area contributed by atoms with Crippen molar-refractivity contribution in [2.45, 2.75) is 24.7 Å². The van der Waals surface area contributed by atoms with Gasteiger partial charge in [0, 0.05) is 6.04 Å². The molecule has 0 amide bonds. The number of allylic oxidation sites excluding steroid dienone is 1. The number of carbonyl (C=O) groups excluding carboxylic acids is 1. The van der Waals surface area contributed by atoms with Crippen LogP contribution in [-0.4, -0.2) is 17.2 Å². The largest absolute Gasteiger partial charge is 0.379 e. The van der Waals surface area contributed by atoms with Gasteiger partial charge in [-0.05, 0) is 19.4 Å². The van der Waals surface area contributed by atoms with Crippen LogP contribution in [0, 0.1) is 0 Å². The van der Waals surface area contributed by atoms with Crippen molar-refractivity contribution >= 4 is 22.2 Å². The lowest BCUT2D eigenvalue weighted by molar-refractivity contribution is -0.105. The highest BCUT2D eigenvalue weighted by Gasteiger charge is 2.25. The Balaban J connectivity index is 2.83. The minimum Gasteiger partial charge on any atom is -0.379 e. The smallest absolute Gasteiger partial charge is 0.165 e. The van der Waals surface area contributed by atoms with Gasteiger partial charge >= 0.3 is 0 Å². The van der Waals surface area contributed by atoms with Crippen LogP contribution in [0.4, 0.5) is 0 Å². The molecule has 1 rings (SSSR count). The van der Waals surface area contributed by atoms with Gasteiger partial charge in [-0.25, -0.2) is 0 Å². The minimum atomic E-state index is 0.313. The number of carbonyl (C=O) groups is 1. The first-order valence-corrected chi connectivity index (χ1v) is 4.15. The zero-order valence-corrected chi connectivity index (χ0v) is 7.60. The number of hydrogen-bond acceptors (Lipinski definition) is 2. The number of hydrogen-bond donors (Lipinski definition) is 1. The Bertz CT molecular complexity index is 188. The molecule has 0 bridgehead atoms. The summed E-state index contributed by atoms with van der Waals surface area (Å²) in [5.74, 6) is 0. The Morgan fingerprint density at radius 3 is 2.50 bits per heavy atom. The van der Waals surface area contributed by atoms with Crippen molar-refractivity contribution in [2.75, 3.05) is 0 Å². The second-order valence-corrected chi connectivity index (χ2v) is 3.54. The Kier molecular flexibility index (Phi) is 2.14. The molecule has 0 aromatic heterocycles. The summed E-state index contributed by atoms with van der Waals surface area (Å²) in [4.78, 5) is 10.7. The molecule has 0 aromatic carbocycles. The van der Waals surface area contributed by atoms with Gasteiger partial charge < -0.3 is 5.32 Å². The van der Waals surface area contributed by atoms with E-state index >= 15 is 0 Å². The van der Waals surface area contributed by atoms with Gasteiger partial charge in [-0.2, -0.15) is 0 Å². The molecule has 0 aromatic rings. The summed E-state index contributed by atoms with van der Waals surface area (Å²) in [6, 6.07) is 0.334. The quantitative estimate of drug-likeness (QED) is 0.513. The monoisotopic (exact) mass is 203 g/mol.